The first-order valence-electron chi connectivity index (χ1n) is 5.89. The van der Waals surface area contributed by atoms with E-state index in [2.05, 4.69) is 53.6 Å². The molecule has 0 aromatic heterocycles. The summed E-state index contributed by atoms with van der Waals surface area (Å²) in [4.78, 5) is 2.30. The molecule has 0 aromatic rings. The van der Waals surface area contributed by atoms with Gasteiger partial charge in [-0.05, 0) is 31.3 Å². The van der Waals surface area contributed by atoms with Crippen molar-refractivity contribution in [2.45, 2.75) is 53.9 Å². The molecule has 0 radical (unpaired) electrons. The topological polar surface area (TPSA) is 3.24 Å². The van der Waals surface area contributed by atoms with Crippen LogP contribution in [-0.2, 0) is 0 Å². The molecule has 0 aliphatic rings. The highest BCUT2D eigenvalue weighted by Crippen LogP contribution is 2.39. The fourth-order valence-corrected chi connectivity index (χ4v) is 2.57. The van der Waals surface area contributed by atoms with E-state index < -0.39 is 0 Å². The lowest BCUT2D eigenvalue weighted by Gasteiger charge is -2.38. The smallest absolute Gasteiger partial charge is 0.00268 e. The van der Waals surface area contributed by atoms with Crippen LogP contribution in [0.15, 0.2) is 0 Å². The summed E-state index contributed by atoms with van der Waals surface area (Å²) >= 11 is 0. The van der Waals surface area contributed by atoms with Crippen molar-refractivity contribution >= 4 is 0 Å². The maximum atomic E-state index is 2.42. The molecule has 1 heteroatoms. The van der Waals surface area contributed by atoms with Crippen molar-refractivity contribution < 1.29 is 0 Å². The molecular formula is C13H29N. The van der Waals surface area contributed by atoms with E-state index in [1.807, 2.05) is 0 Å². The Hall–Kier alpha value is -0.0400. The van der Waals surface area contributed by atoms with E-state index in [4.69, 9.17) is 0 Å². The summed E-state index contributed by atoms with van der Waals surface area (Å²) in [5, 5.41) is 0. The third-order valence-electron chi connectivity index (χ3n) is 3.36. The van der Waals surface area contributed by atoms with Crippen molar-refractivity contribution in [1.29, 1.82) is 0 Å². The fourth-order valence-electron chi connectivity index (χ4n) is 2.57. The Balaban J connectivity index is 4.32. The standard InChI is InChI=1S/C13H29N/c1-8-13(5,9-2)10-12(3,4)11-14(6)7/h8-11H2,1-7H3. The Kier molecular flexibility index (Phi) is 5.14. The van der Waals surface area contributed by atoms with E-state index in [1.54, 1.807) is 0 Å². The number of hydrogen-bond acceptors (Lipinski definition) is 1. The van der Waals surface area contributed by atoms with Crippen molar-refractivity contribution in [1.82, 2.24) is 4.90 Å². The highest BCUT2D eigenvalue weighted by molar-refractivity contribution is 4.82. The maximum Gasteiger partial charge on any atom is 0.00268 e. The second kappa shape index (κ2) is 5.16. The Morgan fingerprint density at radius 3 is 1.64 bits per heavy atom. The molecule has 0 atom stereocenters. The lowest BCUT2D eigenvalue weighted by atomic mass is 9.71. The van der Waals surface area contributed by atoms with E-state index in [-0.39, 0.29) is 0 Å². The van der Waals surface area contributed by atoms with Crippen LogP contribution < -0.4 is 0 Å². The predicted octanol–water partition coefficient (Wildman–Crippen LogP) is 3.79. The lowest BCUT2D eigenvalue weighted by Crippen LogP contribution is -2.33. The van der Waals surface area contributed by atoms with E-state index >= 15 is 0 Å². The van der Waals surface area contributed by atoms with Gasteiger partial charge in [0.15, 0.2) is 0 Å². The van der Waals surface area contributed by atoms with Crippen LogP contribution in [0.5, 0.6) is 0 Å². The van der Waals surface area contributed by atoms with Gasteiger partial charge in [0.25, 0.3) is 0 Å². The molecule has 0 fully saturated rings. The summed E-state index contributed by atoms with van der Waals surface area (Å²) < 4.78 is 0. The second-order valence-electron chi connectivity index (χ2n) is 6.10. The molecule has 0 unspecified atom stereocenters. The molecule has 0 heterocycles. The summed E-state index contributed by atoms with van der Waals surface area (Å²) in [6, 6.07) is 0. The zero-order valence-corrected chi connectivity index (χ0v) is 11.3. The van der Waals surface area contributed by atoms with Crippen LogP contribution in [0.25, 0.3) is 0 Å². The SMILES string of the molecule is CCC(C)(CC)CC(C)(C)CN(C)C. The molecule has 0 N–H and O–H groups in total. The van der Waals surface area contributed by atoms with Gasteiger partial charge in [-0.25, -0.2) is 0 Å². The average molecular weight is 199 g/mol. The zero-order chi connectivity index (χ0) is 11.4. The van der Waals surface area contributed by atoms with Gasteiger partial charge in [0.05, 0.1) is 0 Å². The second-order valence-corrected chi connectivity index (χ2v) is 6.10. The monoisotopic (exact) mass is 199 g/mol. The predicted molar refractivity (Wildman–Crippen MR) is 65.6 cm³/mol. The molecule has 0 amide bonds. The molecule has 0 rings (SSSR count). The van der Waals surface area contributed by atoms with Gasteiger partial charge in [-0.3, -0.25) is 0 Å². The van der Waals surface area contributed by atoms with Gasteiger partial charge in [0.2, 0.25) is 0 Å². The van der Waals surface area contributed by atoms with Gasteiger partial charge >= 0.3 is 0 Å². The Morgan fingerprint density at radius 1 is 0.929 bits per heavy atom. The van der Waals surface area contributed by atoms with Crippen molar-refractivity contribution in [3.63, 3.8) is 0 Å². The number of rotatable bonds is 6. The molecule has 0 aliphatic carbocycles. The van der Waals surface area contributed by atoms with Crippen molar-refractivity contribution in [3.8, 4) is 0 Å². The molecule has 1 nitrogen and oxygen atoms in total. The highest BCUT2D eigenvalue weighted by Gasteiger charge is 2.29. The first-order chi connectivity index (χ1) is 6.24. The van der Waals surface area contributed by atoms with Crippen molar-refractivity contribution in [2.75, 3.05) is 20.6 Å². The number of hydrogen-bond donors (Lipinski definition) is 0. The van der Waals surface area contributed by atoms with Crippen LogP contribution >= 0.6 is 0 Å². The van der Waals surface area contributed by atoms with Gasteiger partial charge in [-0.2, -0.15) is 0 Å². The van der Waals surface area contributed by atoms with Gasteiger partial charge in [-0.15, -0.1) is 0 Å². The van der Waals surface area contributed by atoms with Crippen molar-refractivity contribution in [3.05, 3.63) is 0 Å². The molecule has 0 aliphatic heterocycles. The lowest BCUT2D eigenvalue weighted by molar-refractivity contribution is 0.130. The third kappa shape index (κ3) is 4.99. The number of nitrogens with zero attached hydrogens (tertiary/aromatic N) is 1. The molecule has 0 aromatic carbocycles. The summed E-state index contributed by atoms with van der Waals surface area (Å²) in [5.41, 5.74) is 0.962. The minimum atomic E-state index is 0.435. The minimum Gasteiger partial charge on any atom is -0.309 e. The molecule has 0 saturated heterocycles. The molecule has 86 valence electrons. The molecule has 0 saturated carbocycles. The summed E-state index contributed by atoms with van der Waals surface area (Å²) in [6.45, 7) is 13.0. The Morgan fingerprint density at radius 2 is 1.36 bits per heavy atom. The molecular weight excluding hydrogens is 170 g/mol. The van der Waals surface area contributed by atoms with Crippen LogP contribution in [0, 0.1) is 10.8 Å². The van der Waals surface area contributed by atoms with Gasteiger partial charge in [0, 0.05) is 6.54 Å². The summed E-state index contributed by atoms with van der Waals surface area (Å²) in [5.74, 6) is 0. The first-order valence-corrected chi connectivity index (χ1v) is 5.89. The Labute approximate surface area is 90.9 Å². The summed E-state index contributed by atoms with van der Waals surface area (Å²) in [7, 11) is 4.33. The van der Waals surface area contributed by atoms with Gasteiger partial charge in [-0.1, -0.05) is 47.5 Å². The van der Waals surface area contributed by atoms with Crippen LogP contribution in [0.1, 0.15) is 53.9 Å². The first kappa shape index (κ1) is 14.0. The fraction of sp³-hybridized carbons (Fsp3) is 1.00. The van der Waals surface area contributed by atoms with E-state index in [1.165, 1.54) is 25.8 Å². The van der Waals surface area contributed by atoms with Crippen LogP contribution in [-0.4, -0.2) is 25.5 Å². The van der Waals surface area contributed by atoms with E-state index in [9.17, 15) is 0 Å². The molecule has 0 bridgehead atoms. The van der Waals surface area contributed by atoms with Crippen LogP contribution in [0.3, 0.4) is 0 Å². The zero-order valence-electron chi connectivity index (χ0n) is 11.3. The van der Waals surface area contributed by atoms with Gasteiger partial charge < -0.3 is 4.90 Å². The highest BCUT2D eigenvalue weighted by atomic mass is 15.1. The normalized spacial score (nSPS) is 13.7. The van der Waals surface area contributed by atoms with Crippen molar-refractivity contribution in [2.24, 2.45) is 10.8 Å². The summed E-state index contributed by atoms with van der Waals surface area (Å²) in [6.07, 6.45) is 3.91. The van der Waals surface area contributed by atoms with E-state index in [0.717, 1.165) is 0 Å². The minimum absolute atomic E-state index is 0.435. The van der Waals surface area contributed by atoms with E-state index in [0.29, 0.717) is 10.8 Å². The maximum absolute atomic E-state index is 2.42. The average Bonchev–Trinajstić information content (AvgIpc) is 2.01. The largest absolute Gasteiger partial charge is 0.309 e. The third-order valence-corrected chi connectivity index (χ3v) is 3.36. The van der Waals surface area contributed by atoms with Crippen LogP contribution in [0.4, 0.5) is 0 Å². The molecule has 0 spiro atoms. The molecule has 14 heavy (non-hydrogen) atoms. The quantitative estimate of drug-likeness (QED) is 0.629. The van der Waals surface area contributed by atoms with Gasteiger partial charge in [0.1, 0.15) is 0 Å². The van der Waals surface area contributed by atoms with Crippen LogP contribution in [0.2, 0.25) is 0 Å². The Bertz CT molecular complexity index is 155.